The molecule has 1 rings (SSSR count). The summed E-state index contributed by atoms with van der Waals surface area (Å²) in [6, 6.07) is 0. The summed E-state index contributed by atoms with van der Waals surface area (Å²) >= 11 is 0. The molecule has 0 aliphatic heterocycles. The van der Waals surface area contributed by atoms with Crippen molar-refractivity contribution in [3.05, 3.63) is 23.8 Å². The van der Waals surface area contributed by atoms with Gasteiger partial charge in [0.25, 0.3) is 0 Å². The summed E-state index contributed by atoms with van der Waals surface area (Å²) in [6.45, 7) is 2.20. The Hall–Kier alpha value is -1.05. The zero-order valence-electron chi connectivity index (χ0n) is 7.29. The van der Waals surface area contributed by atoms with E-state index in [1.54, 1.807) is 6.08 Å². The fraction of sp³-hybridized carbons (Fsp3) is 0.500. The zero-order chi connectivity index (χ0) is 8.97. The third kappa shape index (κ3) is 2.91. The van der Waals surface area contributed by atoms with E-state index in [0.29, 0.717) is 5.92 Å². The van der Waals surface area contributed by atoms with Gasteiger partial charge in [-0.1, -0.05) is 24.6 Å². The summed E-state index contributed by atoms with van der Waals surface area (Å²) < 4.78 is 0. The Morgan fingerprint density at radius 3 is 3.08 bits per heavy atom. The van der Waals surface area contributed by atoms with E-state index >= 15 is 0 Å². The van der Waals surface area contributed by atoms with E-state index in [0.717, 1.165) is 18.4 Å². The first-order valence-corrected chi connectivity index (χ1v) is 4.28. The van der Waals surface area contributed by atoms with Gasteiger partial charge in [-0.05, 0) is 25.2 Å². The monoisotopic (exact) mass is 166 g/mol. The molecule has 0 aromatic rings. The first-order valence-electron chi connectivity index (χ1n) is 4.28. The highest BCUT2D eigenvalue weighted by Gasteiger charge is 2.08. The van der Waals surface area contributed by atoms with Crippen LogP contribution < -0.4 is 0 Å². The van der Waals surface area contributed by atoms with E-state index in [1.165, 1.54) is 12.5 Å². The maximum Gasteiger partial charge on any atom is 0.328 e. The molecule has 0 radical (unpaired) electrons. The number of carboxylic acid groups (broad SMARTS) is 1. The summed E-state index contributed by atoms with van der Waals surface area (Å²) in [6.07, 6.45) is 8.37. The summed E-state index contributed by atoms with van der Waals surface area (Å²) in [5.41, 5.74) is 1.16. The van der Waals surface area contributed by atoms with Crippen LogP contribution in [0.15, 0.2) is 23.8 Å². The zero-order valence-corrected chi connectivity index (χ0v) is 7.29. The van der Waals surface area contributed by atoms with Crippen LogP contribution in [0.5, 0.6) is 0 Å². The molecule has 0 fully saturated rings. The normalized spacial score (nSPS) is 24.1. The quantitative estimate of drug-likeness (QED) is 0.639. The van der Waals surface area contributed by atoms with Crippen LogP contribution in [0.1, 0.15) is 26.2 Å². The van der Waals surface area contributed by atoms with Crippen molar-refractivity contribution in [1.29, 1.82) is 0 Å². The highest BCUT2D eigenvalue weighted by atomic mass is 16.4. The smallest absolute Gasteiger partial charge is 0.328 e. The third-order valence-electron chi connectivity index (χ3n) is 2.09. The van der Waals surface area contributed by atoms with Crippen molar-refractivity contribution in [2.75, 3.05) is 0 Å². The lowest BCUT2D eigenvalue weighted by atomic mass is 9.90. The van der Waals surface area contributed by atoms with Crippen LogP contribution in [0.4, 0.5) is 0 Å². The van der Waals surface area contributed by atoms with Gasteiger partial charge in [-0.3, -0.25) is 0 Å². The maximum absolute atomic E-state index is 10.2. The van der Waals surface area contributed by atoms with Gasteiger partial charge in [-0.15, -0.1) is 0 Å². The highest BCUT2D eigenvalue weighted by Crippen LogP contribution is 2.23. The molecule has 2 nitrogen and oxygen atoms in total. The second kappa shape index (κ2) is 4.10. The minimum atomic E-state index is -0.867. The Labute approximate surface area is 72.6 Å². The molecular weight excluding hydrogens is 152 g/mol. The average Bonchev–Trinajstić information content (AvgIpc) is 2.01. The van der Waals surface area contributed by atoms with Crippen LogP contribution in [-0.4, -0.2) is 11.1 Å². The third-order valence-corrected chi connectivity index (χ3v) is 2.09. The molecule has 66 valence electrons. The number of hydrogen-bond donors (Lipinski definition) is 1. The summed E-state index contributed by atoms with van der Waals surface area (Å²) in [5, 5.41) is 8.40. The second-order valence-electron chi connectivity index (χ2n) is 3.34. The van der Waals surface area contributed by atoms with Gasteiger partial charge in [0.1, 0.15) is 0 Å². The van der Waals surface area contributed by atoms with E-state index < -0.39 is 5.97 Å². The Kier molecular flexibility index (Phi) is 3.09. The van der Waals surface area contributed by atoms with Gasteiger partial charge in [0, 0.05) is 6.08 Å². The van der Waals surface area contributed by atoms with Gasteiger partial charge in [-0.2, -0.15) is 0 Å². The standard InChI is InChI=1S/C10H14O2/c1-8-3-2-4-9(7-8)5-6-10(11)12/h4-6,8H,2-3,7H2,1H3,(H,11,12)/b6-5-/t8-/m0/s1. The van der Waals surface area contributed by atoms with Crippen LogP contribution >= 0.6 is 0 Å². The SMILES string of the molecule is C[C@H]1CCC=C(/C=C\C(=O)O)C1. The molecule has 0 aromatic carbocycles. The lowest BCUT2D eigenvalue weighted by Gasteiger charge is -2.16. The number of hydrogen-bond acceptors (Lipinski definition) is 1. The molecule has 1 N–H and O–H groups in total. The lowest BCUT2D eigenvalue weighted by Crippen LogP contribution is -2.01. The fourth-order valence-corrected chi connectivity index (χ4v) is 1.46. The first kappa shape index (κ1) is 9.04. The lowest BCUT2D eigenvalue weighted by molar-refractivity contribution is -0.131. The number of carboxylic acids is 1. The minimum Gasteiger partial charge on any atom is -0.478 e. The van der Waals surface area contributed by atoms with Gasteiger partial charge >= 0.3 is 5.97 Å². The Bertz CT molecular complexity index is 226. The van der Waals surface area contributed by atoms with Crippen LogP contribution in [0.2, 0.25) is 0 Å². The molecule has 2 heteroatoms. The Morgan fingerprint density at radius 2 is 2.50 bits per heavy atom. The Morgan fingerprint density at radius 1 is 1.75 bits per heavy atom. The van der Waals surface area contributed by atoms with E-state index in [1.807, 2.05) is 0 Å². The summed E-state index contributed by atoms with van der Waals surface area (Å²) in [7, 11) is 0. The first-order chi connectivity index (χ1) is 5.68. The van der Waals surface area contributed by atoms with E-state index in [-0.39, 0.29) is 0 Å². The number of rotatable bonds is 2. The van der Waals surface area contributed by atoms with Gasteiger partial charge in [0.15, 0.2) is 0 Å². The molecule has 1 aliphatic rings. The van der Waals surface area contributed by atoms with Crippen molar-refractivity contribution >= 4 is 5.97 Å². The average molecular weight is 166 g/mol. The van der Waals surface area contributed by atoms with Gasteiger partial charge in [-0.25, -0.2) is 4.79 Å². The van der Waals surface area contributed by atoms with Crippen molar-refractivity contribution in [3.63, 3.8) is 0 Å². The molecule has 0 saturated heterocycles. The minimum absolute atomic E-state index is 0.698. The number of carbonyl (C=O) groups is 1. The predicted octanol–water partition coefficient (Wildman–Crippen LogP) is 2.37. The molecule has 12 heavy (non-hydrogen) atoms. The summed E-state index contributed by atoms with van der Waals surface area (Å²) in [4.78, 5) is 10.2. The van der Waals surface area contributed by atoms with Crippen molar-refractivity contribution in [2.45, 2.75) is 26.2 Å². The maximum atomic E-state index is 10.2. The van der Waals surface area contributed by atoms with Crippen LogP contribution in [0.25, 0.3) is 0 Å². The molecule has 0 amide bonds. The van der Waals surface area contributed by atoms with Crippen LogP contribution in [-0.2, 0) is 4.79 Å². The van der Waals surface area contributed by atoms with Gasteiger partial charge in [0.05, 0.1) is 0 Å². The molecular formula is C10H14O2. The van der Waals surface area contributed by atoms with Gasteiger partial charge < -0.3 is 5.11 Å². The van der Waals surface area contributed by atoms with Crippen LogP contribution in [0.3, 0.4) is 0 Å². The van der Waals surface area contributed by atoms with Crippen molar-refractivity contribution in [1.82, 2.24) is 0 Å². The Balaban J connectivity index is 2.52. The molecule has 0 saturated carbocycles. The van der Waals surface area contributed by atoms with Crippen LogP contribution in [0, 0.1) is 5.92 Å². The highest BCUT2D eigenvalue weighted by molar-refractivity contribution is 5.80. The van der Waals surface area contributed by atoms with E-state index in [4.69, 9.17) is 5.11 Å². The molecule has 0 bridgehead atoms. The largest absolute Gasteiger partial charge is 0.478 e. The fourth-order valence-electron chi connectivity index (χ4n) is 1.46. The number of aliphatic carboxylic acids is 1. The second-order valence-corrected chi connectivity index (χ2v) is 3.34. The molecule has 0 heterocycles. The number of allylic oxidation sites excluding steroid dienone is 3. The predicted molar refractivity (Wildman–Crippen MR) is 47.9 cm³/mol. The van der Waals surface area contributed by atoms with Gasteiger partial charge in [0.2, 0.25) is 0 Å². The topological polar surface area (TPSA) is 37.3 Å². The summed E-state index contributed by atoms with van der Waals surface area (Å²) in [5.74, 6) is -0.169. The van der Waals surface area contributed by atoms with Crippen molar-refractivity contribution in [3.8, 4) is 0 Å². The van der Waals surface area contributed by atoms with E-state index in [9.17, 15) is 4.79 Å². The molecule has 1 aliphatic carbocycles. The molecule has 0 unspecified atom stereocenters. The van der Waals surface area contributed by atoms with Crippen molar-refractivity contribution in [2.24, 2.45) is 5.92 Å². The molecule has 0 aromatic heterocycles. The van der Waals surface area contributed by atoms with Crippen molar-refractivity contribution < 1.29 is 9.90 Å². The molecule has 1 atom stereocenters. The van der Waals surface area contributed by atoms with E-state index in [2.05, 4.69) is 13.0 Å². The molecule has 0 spiro atoms.